The Morgan fingerprint density at radius 1 is 1.00 bits per heavy atom. The smallest absolute Gasteiger partial charge is 0.275 e. The molecule has 0 saturated carbocycles. The van der Waals surface area contributed by atoms with E-state index in [4.69, 9.17) is 14.2 Å². The molecule has 0 aliphatic carbocycles. The summed E-state index contributed by atoms with van der Waals surface area (Å²) in [7, 11) is 1.52. The molecule has 1 amide bonds. The molecule has 4 rings (SSSR count). The Balaban J connectivity index is 1.51. The van der Waals surface area contributed by atoms with Crippen molar-refractivity contribution in [2.24, 2.45) is 5.10 Å². The van der Waals surface area contributed by atoms with Gasteiger partial charge in [-0.15, -0.1) is 0 Å². The number of hydrazone groups is 1. The van der Waals surface area contributed by atoms with Crippen molar-refractivity contribution in [3.63, 3.8) is 0 Å². The normalized spacial score (nSPS) is 11.0. The summed E-state index contributed by atoms with van der Waals surface area (Å²) in [5.74, 6) is 0.630. The number of amides is 1. The summed E-state index contributed by atoms with van der Waals surface area (Å²) in [6.07, 6.45) is 1.50. The van der Waals surface area contributed by atoms with E-state index < -0.39 is 5.91 Å². The average Bonchev–Trinajstić information content (AvgIpc) is 2.88. The van der Waals surface area contributed by atoms with E-state index >= 15 is 0 Å². The van der Waals surface area contributed by atoms with Crippen LogP contribution in [-0.2, 0) is 6.61 Å². The van der Waals surface area contributed by atoms with E-state index in [0.29, 0.717) is 45.0 Å². The Bertz CT molecular complexity index is 1420. The van der Waals surface area contributed by atoms with Gasteiger partial charge in [-0.1, -0.05) is 42.5 Å². The Morgan fingerprint density at radius 3 is 2.44 bits per heavy atom. The fourth-order valence-electron chi connectivity index (χ4n) is 3.62. The molecule has 0 aliphatic heterocycles. The van der Waals surface area contributed by atoms with Crippen molar-refractivity contribution >= 4 is 38.8 Å². The van der Waals surface area contributed by atoms with Crippen LogP contribution in [0.3, 0.4) is 0 Å². The fraction of sp³-hybridized carbons (Fsp3) is 0.143. The lowest BCUT2D eigenvalue weighted by molar-refractivity contribution is 0.0952. The number of halogens is 2. The molecule has 4 aromatic rings. The first-order chi connectivity index (χ1) is 17.5. The van der Waals surface area contributed by atoms with E-state index in [1.54, 1.807) is 36.4 Å². The third-order valence-electron chi connectivity index (χ3n) is 5.35. The van der Waals surface area contributed by atoms with Crippen molar-refractivity contribution in [3.05, 3.63) is 99.8 Å². The van der Waals surface area contributed by atoms with Crippen LogP contribution < -0.4 is 19.6 Å². The number of benzene rings is 4. The van der Waals surface area contributed by atoms with Crippen LogP contribution in [0, 0.1) is 5.82 Å². The molecule has 0 heterocycles. The summed E-state index contributed by atoms with van der Waals surface area (Å²) in [5, 5.41) is 6.00. The average molecular weight is 551 g/mol. The number of ether oxygens (including phenoxy) is 3. The first kappa shape index (κ1) is 25.2. The van der Waals surface area contributed by atoms with Crippen LogP contribution in [0.1, 0.15) is 28.4 Å². The molecule has 4 aromatic carbocycles. The highest BCUT2D eigenvalue weighted by atomic mass is 79.9. The molecule has 0 saturated heterocycles. The summed E-state index contributed by atoms with van der Waals surface area (Å²) < 4.78 is 31.6. The highest BCUT2D eigenvalue weighted by Gasteiger charge is 2.15. The highest BCUT2D eigenvalue weighted by Crippen LogP contribution is 2.37. The van der Waals surface area contributed by atoms with Crippen molar-refractivity contribution in [3.8, 4) is 17.2 Å². The van der Waals surface area contributed by atoms with Gasteiger partial charge in [-0.05, 0) is 69.5 Å². The van der Waals surface area contributed by atoms with Crippen molar-refractivity contribution in [1.82, 2.24) is 5.43 Å². The predicted molar refractivity (Wildman–Crippen MR) is 142 cm³/mol. The number of carbonyl (C=O) groups is 1. The summed E-state index contributed by atoms with van der Waals surface area (Å²) in [5.41, 5.74) is 4.02. The molecule has 0 unspecified atom stereocenters. The zero-order valence-corrected chi connectivity index (χ0v) is 21.3. The summed E-state index contributed by atoms with van der Waals surface area (Å²) in [4.78, 5) is 12.8. The van der Waals surface area contributed by atoms with Gasteiger partial charge in [-0.3, -0.25) is 4.79 Å². The number of nitrogens with zero attached hydrogens (tertiary/aromatic N) is 1. The molecular formula is C28H24BrFN2O4. The van der Waals surface area contributed by atoms with Gasteiger partial charge in [0.25, 0.3) is 5.91 Å². The van der Waals surface area contributed by atoms with Crippen LogP contribution in [0.25, 0.3) is 10.8 Å². The topological polar surface area (TPSA) is 69.2 Å². The molecule has 6 nitrogen and oxygen atoms in total. The molecule has 0 aromatic heterocycles. The van der Waals surface area contributed by atoms with Crippen molar-refractivity contribution in [1.29, 1.82) is 0 Å². The van der Waals surface area contributed by atoms with E-state index in [2.05, 4.69) is 26.5 Å². The van der Waals surface area contributed by atoms with Gasteiger partial charge in [0.15, 0.2) is 11.5 Å². The summed E-state index contributed by atoms with van der Waals surface area (Å²) in [6, 6.07) is 21.2. The number of fused-ring (bicyclic) bond motifs is 1. The number of carbonyl (C=O) groups excluding carboxylic acids is 1. The Hall–Kier alpha value is -3.91. The molecule has 0 atom stereocenters. The third kappa shape index (κ3) is 5.83. The van der Waals surface area contributed by atoms with Crippen molar-refractivity contribution < 1.29 is 23.4 Å². The molecule has 0 spiro atoms. The molecular weight excluding hydrogens is 527 g/mol. The zero-order chi connectivity index (χ0) is 25.5. The molecule has 8 heteroatoms. The molecule has 36 heavy (non-hydrogen) atoms. The van der Waals surface area contributed by atoms with Gasteiger partial charge < -0.3 is 14.2 Å². The SMILES string of the molecule is CCOc1cc(/C=N\NC(=O)c2cc3ccccc3cc2OC)cc(Br)c1OCc1ccccc1F. The van der Waals surface area contributed by atoms with Crippen LogP contribution in [0.4, 0.5) is 4.39 Å². The number of rotatable bonds is 9. The highest BCUT2D eigenvalue weighted by molar-refractivity contribution is 9.10. The van der Waals surface area contributed by atoms with Gasteiger partial charge >= 0.3 is 0 Å². The van der Waals surface area contributed by atoms with Gasteiger partial charge in [-0.2, -0.15) is 5.10 Å². The Morgan fingerprint density at radius 2 is 1.72 bits per heavy atom. The van der Waals surface area contributed by atoms with E-state index in [1.807, 2.05) is 37.3 Å². The van der Waals surface area contributed by atoms with E-state index in [1.165, 1.54) is 19.4 Å². The maximum Gasteiger partial charge on any atom is 0.275 e. The predicted octanol–water partition coefficient (Wildman–Crippen LogP) is 6.49. The van der Waals surface area contributed by atoms with Gasteiger partial charge in [0, 0.05) is 5.56 Å². The maximum atomic E-state index is 14.0. The first-order valence-corrected chi connectivity index (χ1v) is 12.0. The van der Waals surface area contributed by atoms with Gasteiger partial charge in [0.1, 0.15) is 18.2 Å². The second-order valence-corrected chi connectivity index (χ2v) is 8.60. The molecule has 0 bridgehead atoms. The van der Waals surface area contributed by atoms with Crippen LogP contribution in [0.5, 0.6) is 17.2 Å². The number of hydrogen-bond donors (Lipinski definition) is 1. The Kier molecular flexibility index (Phi) is 8.17. The quantitative estimate of drug-likeness (QED) is 0.191. The zero-order valence-electron chi connectivity index (χ0n) is 19.8. The van der Waals surface area contributed by atoms with Crippen LogP contribution >= 0.6 is 15.9 Å². The minimum atomic E-state index is -0.400. The number of hydrogen-bond acceptors (Lipinski definition) is 5. The fourth-order valence-corrected chi connectivity index (χ4v) is 4.20. The van der Waals surface area contributed by atoms with Gasteiger partial charge in [0.2, 0.25) is 0 Å². The second kappa shape index (κ2) is 11.7. The lowest BCUT2D eigenvalue weighted by atomic mass is 10.1. The van der Waals surface area contributed by atoms with E-state index in [9.17, 15) is 9.18 Å². The van der Waals surface area contributed by atoms with E-state index in [0.717, 1.165) is 10.8 Å². The standard InChI is InChI=1S/C28H24BrFN2O4/c1-3-35-26-13-18(12-23(29)27(26)36-17-21-10-6-7-11-24(21)30)16-31-32-28(33)22-14-19-8-4-5-9-20(19)15-25(22)34-2/h4-16H,3,17H2,1-2H3,(H,32,33)/b31-16-. The second-order valence-electron chi connectivity index (χ2n) is 7.74. The molecule has 0 aliphatic rings. The minimum absolute atomic E-state index is 0.0441. The molecule has 0 radical (unpaired) electrons. The lowest BCUT2D eigenvalue weighted by Crippen LogP contribution is -2.18. The summed E-state index contributed by atoms with van der Waals surface area (Å²) >= 11 is 3.50. The molecule has 1 N–H and O–H groups in total. The summed E-state index contributed by atoms with van der Waals surface area (Å²) in [6.45, 7) is 2.30. The third-order valence-corrected chi connectivity index (χ3v) is 5.94. The van der Waals surface area contributed by atoms with Gasteiger partial charge in [-0.25, -0.2) is 9.82 Å². The largest absolute Gasteiger partial charge is 0.496 e. The van der Waals surface area contributed by atoms with E-state index in [-0.39, 0.29) is 12.4 Å². The monoisotopic (exact) mass is 550 g/mol. The maximum absolute atomic E-state index is 14.0. The molecule has 0 fully saturated rings. The van der Waals surface area contributed by atoms with Crippen molar-refractivity contribution in [2.45, 2.75) is 13.5 Å². The van der Waals surface area contributed by atoms with Crippen LogP contribution in [0.2, 0.25) is 0 Å². The number of methoxy groups -OCH3 is 1. The number of nitrogens with one attached hydrogen (secondary N) is 1. The first-order valence-electron chi connectivity index (χ1n) is 11.2. The van der Waals surface area contributed by atoms with Crippen LogP contribution in [0.15, 0.2) is 82.4 Å². The lowest BCUT2D eigenvalue weighted by Gasteiger charge is -2.15. The Labute approximate surface area is 216 Å². The van der Waals surface area contributed by atoms with Crippen LogP contribution in [-0.4, -0.2) is 25.8 Å². The van der Waals surface area contributed by atoms with Gasteiger partial charge in [0.05, 0.1) is 30.0 Å². The minimum Gasteiger partial charge on any atom is -0.496 e. The van der Waals surface area contributed by atoms with Crippen molar-refractivity contribution in [2.75, 3.05) is 13.7 Å². The molecule has 184 valence electrons.